The molecule has 14 heavy (non-hydrogen) atoms. The molecule has 2 nitrogen and oxygen atoms in total. The Labute approximate surface area is 80.1 Å². The molecule has 0 saturated heterocycles. The molecule has 0 aliphatic carbocycles. The standard InChI is InChI=1S/C10H10F2O2/c11-6-4-7-9(13)2-1-3-14-10(7)8(12)5-6/h4-5,9,13H,1-3H2. The number of benzene rings is 1. The first kappa shape index (κ1) is 9.40. The van der Waals surface area contributed by atoms with Crippen LogP contribution >= 0.6 is 0 Å². The summed E-state index contributed by atoms with van der Waals surface area (Å²) in [7, 11) is 0. The van der Waals surface area contributed by atoms with Crippen LogP contribution in [-0.4, -0.2) is 11.7 Å². The maximum absolute atomic E-state index is 13.2. The van der Waals surface area contributed by atoms with Crippen LogP contribution in [-0.2, 0) is 0 Å². The zero-order valence-electron chi connectivity index (χ0n) is 7.46. The highest BCUT2D eigenvalue weighted by molar-refractivity contribution is 5.37. The van der Waals surface area contributed by atoms with Crippen LogP contribution in [0.3, 0.4) is 0 Å². The van der Waals surface area contributed by atoms with Gasteiger partial charge in [-0.25, -0.2) is 8.78 Å². The van der Waals surface area contributed by atoms with Gasteiger partial charge in [-0.15, -0.1) is 0 Å². The van der Waals surface area contributed by atoms with Gasteiger partial charge in [-0.3, -0.25) is 0 Å². The van der Waals surface area contributed by atoms with Gasteiger partial charge >= 0.3 is 0 Å². The molecule has 1 aromatic rings. The number of ether oxygens (including phenoxy) is 1. The third-order valence-electron chi connectivity index (χ3n) is 2.26. The van der Waals surface area contributed by atoms with Crippen LogP contribution in [0.2, 0.25) is 0 Å². The number of hydrogen-bond donors (Lipinski definition) is 1. The average Bonchev–Trinajstić information content (AvgIpc) is 2.29. The predicted octanol–water partition coefficient (Wildman–Crippen LogP) is 2.17. The highest BCUT2D eigenvalue weighted by atomic mass is 19.1. The van der Waals surface area contributed by atoms with Crippen LogP contribution < -0.4 is 4.74 Å². The van der Waals surface area contributed by atoms with Crippen molar-refractivity contribution in [3.63, 3.8) is 0 Å². The molecule has 0 amide bonds. The molecule has 1 aromatic carbocycles. The molecule has 0 aromatic heterocycles. The van der Waals surface area contributed by atoms with Gasteiger partial charge < -0.3 is 9.84 Å². The van der Waals surface area contributed by atoms with E-state index in [1.54, 1.807) is 0 Å². The Bertz CT molecular complexity index is 352. The molecule has 1 heterocycles. The Morgan fingerprint density at radius 1 is 1.36 bits per heavy atom. The topological polar surface area (TPSA) is 29.5 Å². The first-order valence-electron chi connectivity index (χ1n) is 4.48. The van der Waals surface area contributed by atoms with Crippen molar-refractivity contribution >= 4 is 0 Å². The minimum atomic E-state index is -0.835. The Morgan fingerprint density at radius 3 is 2.93 bits per heavy atom. The van der Waals surface area contributed by atoms with Crippen LogP contribution in [0.4, 0.5) is 8.78 Å². The molecule has 1 aliphatic heterocycles. The third kappa shape index (κ3) is 1.57. The van der Waals surface area contributed by atoms with E-state index in [1.807, 2.05) is 0 Å². The number of hydrogen-bond acceptors (Lipinski definition) is 2. The summed E-state index contributed by atoms with van der Waals surface area (Å²) in [4.78, 5) is 0. The van der Waals surface area contributed by atoms with Crippen LogP contribution in [0.5, 0.6) is 5.75 Å². The molecule has 1 N–H and O–H groups in total. The molecule has 0 fully saturated rings. The number of halogens is 2. The average molecular weight is 200 g/mol. The van der Waals surface area contributed by atoms with Gasteiger partial charge in [0.2, 0.25) is 0 Å². The van der Waals surface area contributed by atoms with Crippen molar-refractivity contribution in [2.24, 2.45) is 0 Å². The molecular weight excluding hydrogens is 190 g/mol. The summed E-state index contributed by atoms with van der Waals surface area (Å²) >= 11 is 0. The summed E-state index contributed by atoms with van der Waals surface area (Å²) in [5, 5.41) is 9.58. The van der Waals surface area contributed by atoms with Crippen molar-refractivity contribution in [2.45, 2.75) is 18.9 Å². The molecule has 1 atom stereocenters. The summed E-state index contributed by atoms with van der Waals surface area (Å²) in [5.74, 6) is -1.46. The van der Waals surface area contributed by atoms with E-state index in [2.05, 4.69) is 0 Å². The summed E-state index contributed by atoms with van der Waals surface area (Å²) in [6.45, 7) is 0.354. The summed E-state index contributed by atoms with van der Waals surface area (Å²) < 4.78 is 31.2. The Kier molecular flexibility index (Phi) is 2.37. The number of aliphatic hydroxyl groups is 1. The van der Waals surface area contributed by atoms with Crippen molar-refractivity contribution in [1.82, 2.24) is 0 Å². The lowest BCUT2D eigenvalue weighted by atomic mass is 10.0. The smallest absolute Gasteiger partial charge is 0.168 e. The van der Waals surface area contributed by atoms with Crippen molar-refractivity contribution in [3.05, 3.63) is 29.3 Å². The van der Waals surface area contributed by atoms with Gasteiger partial charge in [0.05, 0.1) is 12.7 Å². The van der Waals surface area contributed by atoms with Gasteiger partial charge in [0.25, 0.3) is 0 Å². The maximum Gasteiger partial charge on any atom is 0.168 e. The van der Waals surface area contributed by atoms with Gasteiger partial charge in [-0.2, -0.15) is 0 Å². The monoisotopic (exact) mass is 200 g/mol. The first-order chi connectivity index (χ1) is 6.68. The predicted molar refractivity (Wildman–Crippen MR) is 46.0 cm³/mol. The van der Waals surface area contributed by atoms with Gasteiger partial charge in [-0.1, -0.05) is 0 Å². The number of fused-ring (bicyclic) bond motifs is 1. The molecule has 2 rings (SSSR count). The van der Waals surface area contributed by atoms with E-state index in [-0.39, 0.29) is 11.3 Å². The lowest BCUT2D eigenvalue weighted by molar-refractivity contribution is 0.167. The third-order valence-corrected chi connectivity index (χ3v) is 2.26. The van der Waals surface area contributed by atoms with Crippen molar-refractivity contribution in [3.8, 4) is 5.75 Å². The summed E-state index contributed by atoms with van der Waals surface area (Å²) in [6, 6.07) is 1.88. The van der Waals surface area contributed by atoms with E-state index >= 15 is 0 Å². The SMILES string of the molecule is OC1CCCOc2c(F)cc(F)cc21. The van der Waals surface area contributed by atoms with Gasteiger partial charge in [0, 0.05) is 11.6 Å². The quantitative estimate of drug-likeness (QED) is 0.695. The van der Waals surface area contributed by atoms with Crippen molar-refractivity contribution in [1.29, 1.82) is 0 Å². The molecule has 1 unspecified atom stereocenters. The highest BCUT2D eigenvalue weighted by Gasteiger charge is 2.21. The van der Waals surface area contributed by atoms with Crippen LogP contribution in [0.25, 0.3) is 0 Å². The molecular formula is C10H10F2O2. The minimum absolute atomic E-state index is 0.0172. The Hall–Kier alpha value is -1.16. The van der Waals surface area contributed by atoms with Gasteiger partial charge in [0.1, 0.15) is 5.82 Å². The largest absolute Gasteiger partial charge is 0.490 e. The molecule has 76 valence electrons. The second-order valence-corrected chi connectivity index (χ2v) is 3.31. The van der Waals surface area contributed by atoms with Gasteiger partial charge in [0.15, 0.2) is 11.6 Å². The van der Waals surface area contributed by atoms with E-state index in [0.717, 1.165) is 12.1 Å². The molecule has 0 radical (unpaired) electrons. The Balaban J connectivity index is 2.53. The van der Waals surface area contributed by atoms with E-state index in [0.29, 0.717) is 19.4 Å². The maximum atomic E-state index is 13.2. The molecule has 1 aliphatic rings. The van der Waals surface area contributed by atoms with E-state index in [1.165, 1.54) is 0 Å². The van der Waals surface area contributed by atoms with Gasteiger partial charge in [-0.05, 0) is 18.9 Å². The second-order valence-electron chi connectivity index (χ2n) is 3.31. The number of aliphatic hydroxyl groups excluding tert-OH is 1. The van der Waals surface area contributed by atoms with E-state index in [4.69, 9.17) is 4.74 Å². The summed E-state index contributed by atoms with van der Waals surface area (Å²) in [5.41, 5.74) is 0.208. The van der Waals surface area contributed by atoms with E-state index in [9.17, 15) is 13.9 Å². The van der Waals surface area contributed by atoms with Crippen molar-refractivity contribution in [2.75, 3.05) is 6.61 Å². The molecule has 0 spiro atoms. The minimum Gasteiger partial charge on any atom is -0.490 e. The fourth-order valence-electron chi connectivity index (χ4n) is 1.59. The summed E-state index contributed by atoms with van der Waals surface area (Å²) in [6.07, 6.45) is 0.269. The molecule has 4 heteroatoms. The molecule has 0 bridgehead atoms. The molecule has 0 saturated carbocycles. The van der Waals surface area contributed by atoms with Crippen molar-refractivity contribution < 1.29 is 18.6 Å². The fraction of sp³-hybridized carbons (Fsp3) is 0.400. The zero-order valence-corrected chi connectivity index (χ0v) is 7.46. The first-order valence-corrected chi connectivity index (χ1v) is 4.48. The van der Waals surface area contributed by atoms with Crippen LogP contribution in [0, 0.1) is 11.6 Å². The Morgan fingerprint density at radius 2 is 2.14 bits per heavy atom. The highest BCUT2D eigenvalue weighted by Crippen LogP contribution is 2.34. The fourth-order valence-corrected chi connectivity index (χ4v) is 1.59. The number of rotatable bonds is 0. The zero-order chi connectivity index (χ0) is 10.1. The second kappa shape index (κ2) is 3.53. The van der Waals surface area contributed by atoms with Crippen LogP contribution in [0.1, 0.15) is 24.5 Å². The lowest BCUT2D eigenvalue weighted by Gasteiger charge is -2.11. The van der Waals surface area contributed by atoms with E-state index < -0.39 is 17.7 Å². The van der Waals surface area contributed by atoms with Crippen LogP contribution in [0.15, 0.2) is 12.1 Å². The normalized spacial score (nSPS) is 20.9. The lowest BCUT2D eigenvalue weighted by Crippen LogP contribution is -2.00.